The Kier molecular flexibility index (Phi) is 3.00. The number of aliphatic imine (C=N–C) groups is 1. The third-order valence-corrected chi connectivity index (χ3v) is 2.19. The molecule has 0 amide bonds. The molecule has 0 bridgehead atoms. The molecule has 0 aromatic heterocycles. The minimum absolute atomic E-state index is 0.580. The molecule has 2 heteroatoms. The number of nitrogens with zero attached hydrogens (tertiary/aromatic N) is 1. The van der Waals surface area contributed by atoms with Crippen molar-refractivity contribution >= 4 is 11.7 Å². The first-order chi connectivity index (χ1) is 6.58. The second-order valence-electron chi connectivity index (χ2n) is 3.61. The van der Waals surface area contributed by atoms with Crippen molar-refractivity contribution in [1.29, 1.82) is 0 Å². The molecule has 1 aromatic carbocycles. The molecule has 0 spiro atoms. The summed E-state index contributed by atoms with van der Waals surface area (Å²) in [5.74, 6) is 0. The molecule has 0 aliphatic heterocycles. The zero-order valence-corrected chi connectivity index (χ0v) is 8.45. The molecule has 0 aliphatic carbocycles. The van der Waals surface area contributed by atoms with Crippen LogP contribution in [0.3, 0.4) is 0 Å². The average molecular weight is 187 g/mol. The first kappa shape index (κ1) is 10.4. The molecule has 0 saturated heterocycles. The molecule has 1 rings (SSSR count). The van der Waals surface area contributed by atoms with E-state index in [4.69, 9.17) is 0 Å². The van der Waals surface area contributed by atoms with E-state index in [-0.39, 0.29) is 0 Å². The summed E-state index contributed by atoms with van der Waals surface area (Å²) in [6.45, 7) is 7.62. The van der Waals surface area contributed by atoms with Gasteiger partial charge in [0.25, 0.3) is 0 Å². The van der Waals surface area contributed by atoms with Gasteiger partial charge in [-0.3, -0.25) is 0 Å². The fourth-order valence-corrected chi connectivity index (χ4v) is 1.17. The average Bonchev–Trinajstić information content (AvgIpc) is 2.18. The first-order valence-corrected chi connectivity index (χ1v) is 4.42. The third-order valence-electron chi connectivity index (χ3n) is 2.19. The van der Waals surface area contributed by atoms with Crippen LogP contribution < -0.4 is 0 Å². The van der Waals surface area contributed by atoms with Gasteiger partial charge in [-0.15, -0.1) is 0 Å². The minimum atomic E-state index is -0.580. The standard InChI is InChI=1S/C12H13NO/c1-10(12(2,3)13-9-14)11-7-5-4-6-8-11/h4-8H,1H2,2-3H3. The van der Waals surface area contributed by atoms with Gasteiger partial charge in [-0.05, 0) is 25.0 Å². The van der Waals surface area contributed by atoms with Crippen LogP contribution in [0.1, 0.15) is 19.4 Å². The van der Waals surface area contributed by atoms with Crippen LogP contribution in [0.25, 0.3) is 5.57 Å². The van der Waals surface area contributed by atoms with Crippen molar-refractivity contribution in [2.45, 2.75) is 19.4 Å². The van der Waals surface area contributed by atoms with Gasteiger partial charge in [-0.1, -0.05) is 36.9 Å². The summed E-state index contributed by atoms with van der Waals surface area (Å²) < 4.78 is 0. The zero-order valence-electron chi connectivity index (χ0n) is 8.45. The van der Waals surface area contributed by atoms with Crippen molar-refractivity contribution in [2.24, 2.45) is 4.99 Å². The molecule has 1 aromatic rings. The number of hydrogen-bond acceptors (Lipinski definition) is 2. The summed E-state index contributed by atoms with van der Waals surface area (Å²) >= 11 is 0. The summed E-state index contributed by atoms with van der Waals surface area (Å²) in [4.78, 5) is 14.0. The van der Waals surface area contributed by atoms with E-state index in [9.17, 15) is 4.79 Å². The third kappa shape index (κ3) is 2.18. The molecule has 0 unspecified atom stereocenters. The molecular formula is C12H13NO. The molecule has 0 fully saturated rings. The Labute approximate surface area is 84.0 Å². The number of benzene rings is 1. The lowest BCUT2D eigenvalue weighted by Gasteiger charge is -2.20. The normalized spacial score (nSPS) is 10.4. The second kappa shape index (κ2) is 4.03. The van der Waals surface area contributed by atoms with E-state index in [1.807, 2.05) is 44.2 Å². The molecule has 0 N–H and O–H groups in total. The molecule has 0 atom stereocenters. The monoisotopic (exact) mass is 187 g/mol. The topological polar surface area (TPSA) is 29.4 Å². The summed E-state index contributed by atoms with van der Waals surface area (Å²) in [5, 5.41) is 0. The lowest BCUT2D eigenvalue weighted by atomic mass is 9.90. The predicted molar refractivity (Wildman–Crippen MR) is 57.7 cm³/mol. The van der Waals surface area contributed by atoms with Crippen molar-refractivity contribution in [3.05, 3.63) is 42.5 Å². The van der Waals surface area contributed by atoms with Crippen molar-refractivity contribution in [1.82, 2.24) is 0 Å². The highest BCUT2D eigenvalue weighted by atomic mass is 16.1. The highest BCUT2D eigenvalue weighted by Gasteiger charge is 2.21. The van der Waals surface area contributed by atoms with Gasteiger partial charge in [0.2, 0.25) is 6.08 Å². The summed E-state index contributed by atoms with van der Waals surface area (Å²) in [6.07, 6.45) is 1.57. The van der Waals surface area contributed by atoms with Crippen molar-refractivity contribution < 1.29 is 4.79 Å². The molecule has 0 radical (unpaired) electrons. The van der Waals surface area contributed by atoms with Crippen molar-refractivity contribution in [2.75, 3.05) is 0 Å². The predicted octanol–water partition coefficient (Wildman–Crippen LogP) is 2.81. The SMILES string of the molecule is C=C(c1ccccc1)C(C)(C)N=C=O. The summed E-state index contributed by atoms with van der Waals surface area (Å²) in [6, 6.07) is 9.70. The second-order valence-corrected chi connectivity index (χ2v) is 3.61. The van der Waals surface area contributed by atoms with Crippen LogP contribution in [0.5, 0.6) is 0 Å². The molecule has 72 valence electrons. The van der Waals surface area contributed by atoms with E-state index in [1.54, 1.807) is 6.08 Å². The Morgan fingerprint density at radius 2 is 1.93 bits per heavy atom. The Morgan fingerprint density at radius 1 is 1.36 bits per heavy atom. The van der Waals surface area contributed by atoms with E-state index in [1.165, 1.54) is 0 Å². The highest BCUT2D eigenvalue weighted by molar-refractivity contribution is 5.71. The smallest absolute Gasteiger partial charge is 0.211 e. The van der Waals surface area contributed by atoms with Gasteiger partial charge < -0.3 is 0 Å². The molecule has 14 heavy (non-hydrogen) atoms. The van der Waals surface area contributed by atoms with Gasteiger partial charge in [0, 0.05) is 0 Å². The van der Waals surface area contributed by atoms with E-state index < -0.39 is 5.54 Å². The Morgan fingerprint density at radius 3 is 2.43 bits per heavy atom. The molecule has 0 aliphatic rings. The number of carbonyl (C=O) groups excluding carboxylic acids is 1. The van der Waals surface area contributed by atoms with Crippen LogP contribution in [0.15, 0.2) is 41.9 Å². The molecular weight excluding hydrogens is 174 g/mol. The van der Waals surface area contributed by atoms with Gasteiger partial charge in [0.05, 0.1) is 5.54 Å². The maximum absolute atomic E-state index is 10.2. The van der Waals surface area contributed by atoms with E-state index in [0.717, 1.165) is 11.1 Å². The fourth-order valence-electron chi connectivity index (χ4n) is 1.17. The van der Waals surface area contributed by atoms with Crippen LogP contribution in [0.2, 0.25) is 0 Å². The van der Waals surface area contributed by atoms with Gasteiger partial charge in [0.15, 0.2) is 0 Å². The van der Waals surface area contributed by atoms with Gasteiger partial charge >= 0.3 is 0 Å². The van der Waals surface area contributed by atoms with Crippen LogP contribution in [0, 0.1) is 0 Å². The molecule has 0 heterocycles. The van der Waals surface area contributed by atoms with Gasteiger partial charge in [-0.2, -0.15) is 4.99 Å². The summed E-state index contributed by atoms with van der Waals surface area (Å²) in [7, 11) is 0. The van der Waals surface area contributed by atoms with Gasteiger partial charge in [0.1, 0.15) is 0 Å². The largest absolute Gasteiger partial charge is 0.235 e. The Bertz CT molecular complexity index is 373. The van der Waals surface area contributed by atoms with Crippen molar-refractivity contribution in [3.8, 4) is 0 Å². The van der Waals surface area contributed by atoms with Gasteiger partial charge in [-0.25, -0.2) is 4.79 Å². The molecule has 0 saturated carbocycles. The van der Waals surface area contributed by atoms with Crippen LogP contribution in [-0.2, 0) is 4.79 Å². The van der Waals surface area contributed by atoms with E-state index in [2.05, 4.69) is 11.6 Å². The van der Waals surface area contributed by atoms with Crippen LogP contribution in [0.4, 0.5) is 0 Å². The molecule has 2 nitrogen and oxygen atoms in total. The maximum Gasteiger partial charge on any atom is 0.235 e. The maximum atomic E-state index is 10.2. The minimum Gasteiger partial charge on any atom is -0.211 e. The first-order valence-electron chi connectivity index (χ1n) is 4.42. The number of isocyanates is 1. The number of rotatable bonds is 3. The quantitative estimate of drug-likeness (QED) is 0.528. The summed E-state index contributed by atoms with van der Waals surface area (Å²) in [5.41, 5.74) is 1.24. The van der Waals surface area contributed by atoms with Crippen LogP contribution >= 0.6 is 0 Å². The van der Waals surface area contributed by atoms with Crippen molar-refractivity contribution in [3.63, 3.8) is 0 Å². The fraction of sp³-hybridized carbons (Fsp3) is 0.250. The Hall–Kier alpha value is -1.66. The van der Waals surface area contributed by atoms with E-state index in [0.29, 0.717) is 0 Å². The van der Waals surface area contributed by atoms with Crippen LogP contribution in [-0.4, -0.2) is 11.6 Å². The Balaban J connectivity index is 3.02. The number of hydrogen-bond donors (Lipinski definition) is 0. The lowest BCUT2D eigenvalue weighted by Crippen LogP contribution is -2.17. The van der Waals surface area contributed by atoms with E-state index >= 15 is 0 Å². The highest BCUT2D eigenvalue weighted by Crippen LogP contribution is 2.27. The zero-order chi connectivity index (χ0) is 10.6. The lowest BCUT2D eigenvalue weighted by molar-refractivity contribution is 0.553.